The van der Waals surface area contributed by atoms with Gasteiger partial charge in [-0.25, -0.2) is 9.38 Å². The molecule has 0 unspecified atom stereocenters. The predicted octanol–water partition coefficient (Wildman–Crippen LogP) is 5.50. The molecule has 2 N–H and O–H groups in total. The molecule has 0 bridgehead atoms. The number of nitrogens with one attached hydrogen (secondary N) is 2. The molecule has 0 saturated carbocycles. The lowest BCUT2D eigenvalue weighted by atomic mass is 10.2. The smallest absolute Gasteiger partial charge is 0.264 e. The molecule has 33 heavy (non-hydrogen) atoms. The number of aliphatic imine (C=N–C) groups is 1. The van der Waals surface area contributed by atoms with E-state index in [1.165, 1.54) is 36.0 Å². The number of para-hydroxylation sites is 1. The van der Waals surface area contributed by atoms with Crippen LogP contribution in [0.15, 0.2) is 87.2 Å². The molecule has 0 atom stereocenters. The summed E-state index contributed by atoms with van der Waals surface area (Å²) >= 11 is 4.64. The molecule has 1 aliphatic heterocycles. The van der Waals surface area contributed by atoms with E-state index in [4.69, 9.17) is 4.74 Å². The second-order valence-corrected chi connectivity index (χ2v) is 8.74. The Hall–Kier alpha value is -3.43. The van der Waals surface area contributed by atoms with Gasteiger partial charge < -0.3 is 15.4 Å². The monoisotopic (exact) mass is 525 g/mol. The molecule has 1 fully saturated rings. The number of carbonyl (C=O) groups excluding carboxylic acids is 2. The number of amidine groups is 1. The van der Waals surface area contributed by atoms with Crippen molar-refractivity contribution in [2.75, 3.05) is 11.9 Å². The van der Waals surface area contributed by atoms with Crippen molar-refractivity contribution in [3.63, 3.8) is 0 Å². The number of benzene rings is 3. The maximum absolute atomic E-state index is 13.0. The SMILES string of the molecule is O=C(COc1ccc(/C=C2/SC(=Nc3ccc(F)cc3)NC2=O)cc1Br)Nc1ccccc1. The summed E-state index contributed by atoms with van der Waals surface area (Å²) in [5, 5.41) is 5.87. The van der Waals surface area contributed by atoms with Gasteiger partial charge in [0.05, 0.1) is 15.1 Å². The maximum atomic E-state index is 13.0. The molecule has 0 radical (unpaired) electrons. The zero-order valence-corrected chi connectivity index (χ0v) is 19.5. The normalized spacial score (nSPS) is 15.5. The van der Waals surface area contributed by atoms with Gasteiger partial charge in [-0.15, -0.1) is 0 Å². The Kier molecular flexibility index (Phi) is 7.21. The summed E-state index contributed by atoms with van der Waals surface area (Å²) in [5.74, 6) is -0.388. The summed E-state index contributed by atoms with van der Waals surface area (Å²) in [7, 11) is 0. The molecule has 1 saturated heterocycles. The predicted molar refractivity (Wildman–Crippen MR) is 132 cm³/mol. The highest BCUT2D eigenvalue weighted by Gasteiger charge is 2.24. The minimum Gasteiger partial charge on any atom is -0.483 e. The lowest BCUT2D eigenvalue weighted by Gasteiger charge is -2.09. The third kappa shape index (κ3) is 6.30. The lowest BCUT2D eigenvalue weighted by Crippen LogP contribution is -2.20. The van der Waals surface area contributed by atoms with Crippen LogP contribution in [-0.4, -0.2) is 23.6 Å². The first-order valence-corrected chi connectivity index (χ1v) is 11.4. The Morgan fingerprint density at radius 3 is 2.61 bits per heavy atom. The maximum Gasteiger partial charge on any atom is 0.264 e. The molecule has 6 nitrogen and oxygen atoms in total. The van der Waals surface area contributed by atoms with Gasteiger partial charge in [0.15, 0.2) is 11.8 Å². The van der Waals surface area contributed by atoms with E-state index >= 15 is 0 Å². The van der Waals surface area contributed by atoms with Gasteiger partial charge in [-0.1, -0.05) is 24.3 Å². The number of nitrogens with zero attached hydrogens (tertiary/aromatic N) is 1. The number of carbonyl (C=O) groups is 2. The van der Waals surface area contributed by atoms with Crippen LogP contribution in [0.25, 0.3) is 6.08 Å². The molecule has 1 aliphatic rings. The number of thioether (sulfide) groups is 1. The van der Waals surface area contributed by atoms with E-state index in [2.05, 4.69) is 31.6 Å². The van der Waals surface area contributed by atoms with Gasteiger partial charge in [0.25, 0.3) is 11.8 Å². The average Bonchev–Trinajstić information content (AvgIpc) is 3.14. The summed E-state index contributed by atoms with van der Waals surface area (Å²) in [5.41, 5.74) is 2.01. The molecule has 3 aromatic carbocycles. The number of hydrogen-bond acceptors (Lipinski definition) is 5. The highest BCUT2D eigenvalue weighted by atomic mass is 79.9. The van der Waals surface area contributed by atoms with Crippen LogP contribution in [0.3, 0.4) is 0 Å². The third-order valence-electron chi connectivity index (χ3n) is 4.38. The average molecular weight is 526 g/mol. The van der Waals surface area contributed by atoms with Crippen LogP contribution in [0.5, 0.6) is 5.75 Å². The fourth-order valence-corrected chi connectivity index (χ4v) is 4.20. The molecular weight excluding hydrogens is 509 g/mol. The van der Waals surface area contributed by atoms with Crippen molar-refractivity contribution >= 4 is 62.1 Å². The minimum atomic E-state index is -0.350. The highest BCUT2D eigenvalue weighted by Crippen LogP contribution is 2.31. The number of rotatable bonds is 6. The zero-order chi connectivity index (χ0) is 23.2. The topological polar surface area (TPSA) is 79.8 Å². The Labute approximate surface area is 202 Å². The van der Waals surface area contributed by atoms with Crippen molar-refractivity contribution in [2.45, 2.75) is 0 Å². The fourth-order valence-electron chi connectivity index (χ4n) is 2.85. The van der Waals surface area contributed by atoms with E-state index in [1.807, 2.05) is 18.2 Å². The second kappa shape index (κ2) is 10.5. The van der Waals surface area contributed by atoms with Gasteiger partial charge in [0.1, 0.15) is 11.6 Å². The number of amides is 2. The van der Waals surface area contributed by atoms with Crippen LogP contribution >= 0.6 is 27.7 Å². The lowest BCUT2D eigenvalue weighted by molar-refractivity contribution is -0.118. The number of ether oxygens (including phenoxy) is 1. The van der Waals surface area contributed by atoms with Gasteiger partial charge in [-0.05, 0) is 87.9 Å². The molecule has 1 heterocycles. The summed E-state index contributed by atoms with van der Waals surface area (Å²) in [6.45, 7) is -0.143. The first kappa shape index (κ1) is 22.8. The molecular formula is C24H17BrFN3O3S. The van der Waals surface area contributed by atoms with Crippen LogP contribution in [0.2, 0.25) is 0 Å². The van der Waals surface area contributed by atoms with Gasteiger partial charge >= 0.3 is 0 Å². The summed E-state index contributed by atoms with van der Waals surface area (Å²) < 4.78 is 19.3. The molecule has 0 aromatic heterocycles. The van der Waals surface area contributed by atoms with Gasteiger partial charge in [-0.2, -0.15) is 0 Å². The van der Waals surface area contributed by atoms with Crippen molar-refractivity contribution < 1.29 is 18.7 Å². The van der Waals surface area contributed by atoms with E-state index in [0.717, 1.165) is 5.56 Å². The van der Waals surface area contributed by atoms with Crippen molar-refractivity contribution in [3.05, 3.63) is 93.6 Å². The molecule has 9 heteroatoms. The van der Waals surface area contributed by atoms with Crippen molar-refractivity contribution in [2.24, 2.45) is 4.99 Å². The molecule has 0 aliphatic carbocycles. The highest BCUT2D eigenvalue weighted by molar-refractivity contribution is 9.10. The van der Waals surface area contributed by atoms with Crippen LogP contribution in [-0.2, 0) is 9.59 Å². The first-order valence-electron chi connectivity index (χ1n) is 9.79. The van der Waals surface area contributed by atoms with Crippen molar-refractivity contribution in [1.82, 2.24) is 5.32 Å². The Bertz CT molecular complexity index is 1250. The molecule has 166 valence electrons. The summed E-state index contributed by atoms with van der Waals surface area (Å²) in [6.07, 6.45) is 1.73. The Morgan fingerprint density at radius 2 is 1.88 bits per heavy atom. The first-order chi connectivity index (χ1) is 16.0. The fraction of sp³-hybridized carbons (Fsp3) is 0.0417. The minimum absolute atomic E-state index is 0.143. The third-order valence-corrected chi connectivity index (χ3v) is 5.91. The van der Waals surface area contributed by atoms with Gasteiger partial charge in [0, 0.05) is 5.69 Å². The Morgan fingerprint density at radius 1 is 1.12 bits per heavy atom. The number of hydrogen-bond donors (Lipinski definition) is 2. The van der Waals surface area contributed by atoms with Crippen LogP contribution in [0.1, 0.15) is 5.56 Å². The second-order valence-electron chi connectivity index (χ2n) is 6.85. The van der Waals surface area contributed by atoms with Crippen LogP contribution in [0, 0.1) is 5.82 Å². The van der Waals surface area contributed by atoms with E-state index in [1.54, 1.807) is 36.4 Å². The standard InChI is InChI=1S/C24H17BrFN3O3S/c25-19-12-15(6-11-20(19)32-14-22(30)27-17-4-2-1-3-5-17)13-21-23(31)29-24(33-21)28-18-9-7-16(26)8-10-18/h1-13H,14H2,(H,27,30)(H,28,29,31)/b21-13+. The summed E-state index contributed by atoms with van der Waals surface area (Å²) in [6, 6.07) is 20.1. The molecule has 3 aromatic rings. The van der Waals surface area contributed by atoms with Crippen molar-refractivity contribution in [1.29, 1.82) is 0 Å². The van der Waals surface area contributed by atoms with Gasteiger partial charge in [-0.3, -0.25) is 9.59 Å². The zero-order valence-electron chi connectivity index (χ0n) is 17.0. The molecule has 2 amide bonds. The quantitative estimate of drug-likeness (QED) is 0.416. The number of halogens is 2. The van der Waals surface area contributed by atoms with Gasteiger partial charge in [0.2, 0.25) is 0 Å². The van der Waals surface area contributed by atoms with E-state index < -0.39 is 0 Å². The molecule has 0 spiro atoms. The summed E-state index contributed by atoms with van der Waals surface area (Å²) in [4.78, 5) is 29.1. The van der Waals surface area contributed by atoms with Crippen LogP contribution in [0.4, 0.5) is 15.8 Å². The molecule has 4 rings (SSSR count). The van der Waals surface area contributed by atoms with E-state index in [9.17, 15) is 14.0 Å². The Balaban J connectivity index is 1.38. The van der Waals surface area contributed by atoms with E-state index in [-0.39, 0.29) is 24.2 Å². The van der Waals surface area contributed by atoms with Crippen LogP contribution < -0.4 is 15.4 Å². The van der Waals surface area contributed by atoms with Crippen molar-refractivity contribution in [3.8, 4) is 5.75 Å². The largest absolute Gasteiger partial charge is 0.483 e. The number of anilines is 1. The van der Waals surface area contributed by atoms with E-state index in [0.29, 0.717) is 31.7 Å².